The third kappa shape index (κ3) is 3.69. The highest BCUT2D eigenvalue weighted by atomic mass is 16.5. The van der Waals surface area contributed by atoms with E-state index in [0.29, 0.717) is 27.8 Å². The summed E-state index contributed by atoms with van der Waals surface area (Å²) in [6.45, 7) is 1.68. The molecule has 0 fully saturated rings. The Morgan fingerprint density at radius 1 is 0.969 bits per heavy atom. The Morgan fingerprint density at radius 3 is 2.31 bits per heavy atom. The summed E-state index contributed by atoms with van der Waals surface area (Å²) in [4.78, 5) is 43.2. The number of hydrogen-bond donors (Lipinski definition) is 1. The minimum Gasteiger partial charge on any atom is -0.451 e. The van der Waals surface area contributed by atoms with Gasteiger partial charge in [-0.1, -0.05) is 36.4 Å². The number of methoxy groups -OCH3 is 1. The number of carbonyl (C=O) groups excluding carboxylic acids is 2. The standard InChI is InChI=1S/C24H20N4O4/c1-16-21(22(29)26-28(24(31)32-2)17-9-4-3-5-10-17)19-12-6-7-13-20(19)23(30)27(16)18-11-8-14-25-15-18/h3-15H,1-2H3,(H,26,29). The molecule has 2 amide bonds. The Labute approximate surface area is 183 Å². The number of aromatic nitrogens is 2. The van der Waals surface area contributed by atoms with Crippen LogP contribution < -0.4 is 16.0 Å². The number of rotatable bonds is 3. The number of ether oxygens (including phenoxy) is 1. The monoisotopic (exact) mass is 428 g/mol. The molecule has 4 rings (SSSR count). The van der Waals surface area contributed by atoms with E-state index in [-0.39, 0.29) is 11.1 Å². The molecule has 0 bridgehead atoms. The minimum absolute atomic E-state index is 0.258. The highest BCUT2D eigenvalue weighted by Crippen LogP contribution is 2.22. The summed E-state index contributed by atoms with van der Waals surface area (Å²) in [5, 5.41) is 1.87. The predicted molar refractivity (Wildman–Crippen MR) is 121 cm³/mol. The summed E-state index contributed by atoms with van der Waals surface area (Å²) < 4.78 is 6.28. The van der Waals surface area contributed by atoms with E-state index in [2.05, 4.69) is 10.4 Å². The Kier molecular flexibility index (Phi) is 5.67. The summed E-state index contributed by atoms with van der Waals surface area (Å²) in [6.07, 6.45) is 2.40. The van der Waals surface area contributed by atoms with Gasteiger partial charge in [-0.25, -0.2) is 4.79 Å². The number of amides is 2. The fourth-order valence-corrected chi connectivity index (χ4v) is 3.59. The third-order valence-electron chi connectivity index (χ3n) is 5.04. The maximum absolute atomic E-state index is 13.5. The van der Waals surface area contributed by atoms with Crippen molar-refractivity contribution in [1.82, 2.24) is 15.0 Å². The molecule has 0 atom stereocenters. The maximum Gasteiger partial charge on any atom is 0.433 e. The second kappa shape index (κ2) is 8.73. The molecule has 0 aliphatic heterocycles. The van der Waals surface area contributed by atoms with Gasteiger partial charge in [0.05, 0.1) is 30.2 Å². The van der Waals surface area contributed by atoms with E-state index in [9.17, 15) is 14.4 Å². The Bertz CT molecular complexity index is 1350. The van der Waals surface area contributed by atoms with Gasteiger partial charge in [-0.15, -0.1) is 0 Å². The number of fused-ring (bicyclic) bond motifs is 1. The molecule has 2 aromatic carbocycles. The second-order valence-electron chi connectivity index (χ2n) is 6.94. The molecule has 0 saturated carbocycles. The van der Waals surface area contributed by atoms with Crippen molar-refractivity contribution in [3.63, 3.8) is 0 Å². The Hall–Kier alpha value is -4.46. The van der Waals surface area contributed by atoms with E-state index in [1.807, 2.05) is 0 Å². The number of carbonyl (C=O) groups is 2. The first kappa shape index (κ1) is 20.8. The van der Waals surface area contributed by atoms with Crippen molar-refractivity contribution >= 4 is 28.5 Å². The van der Waals surface area contributed by atoms with E-state index in [0.717, 1.165) is 5.01 Å². The molecular weight excluding hydrogens is 408 g/mol. The van der Waals surface area contributed by atoms with Crippen LogP contribution in [0.25, 0.3) is 16.5 Å². The van der Waals surface area contributed by atoms with Crippen LogP contribution in [-0.2, 0) is 4.74 Å². The quantitative estimate of drug-likeness (QED) is 0.503. The summed E-state index contributed by atoms with van der Waals surface area (Å²) in [6, 6.07) is 18.9. The van der Waals surface area contributed by atoms with Crippen molar-refractivity contribution < 1.29 is 14.3 Å². The number of nitrogens with zero attached hydrogens (tertiary/aromatic N) is 3. The Morgan fingerprint density at radius 2 is 1.66 bits per heavy atom. The zero-order chi connectivity index (χ0) is 22.7. The normalized spacial score (nSPS) is 10.6. The lowest BCUT2D eigenvalue weighted by Crippen LogP contribution is -2.47. The van der Waals surface area contributed by atoms with Crippen molar-refractivity contribution in [1.29, 1.82) is 0 Å². The summed E-state index contributed by atoms with van der Waals surface area (Å²) in [7, 11) is 1.23. The number of para-hydroxylation sites is 1. The molecule has 4 aromatic rings. The van der Waals surface area contributed by atoms with Crippen LogP contribution in [0.2, 0.25) is 0 Å². The van der Waals surface area contributed by atoms with E-state index >= 15 is 0 Å². The number of hydrogen-bond acceptors (Lipinski definition) is 5. The highest BCUT2D eigenvalue weighted by Gasteiger charge is 2.24. The van der Waals surface area contributed by atoms with Gasteiger partial charge < -0.3 is 4.74 Å². The number of hydrazine groups is 1. The smallest absolute Gasteiger partial charge is 0.433 e. The van der Waals surface area contributed by atoms with Gasteiger partial charge in [0.25, 0.3) is 11.5 Å². The van der Waals surface area contributed by atoms with Gasteiger partial charge in [-0.05, 0) is 37.3 Å². The van der Waals surface area contributed by atoms with E-state index in [1.165, 1.54) is 11.7 Å². The van der Waals surface area contributed by atoms with Crippen LogP contribution in [0.4, 0.5) is 10.5 Å². The molecule has 8 nitrogen and oxygen atoms in total. The first-order valence-electron chi connectivity index (χ1n) is 9.81. The van der Waals surface area contributed by atoms with Crippen LogP contribution in [0.15, 0.2) is 83.9 Å². The van der Waals surface area contributed by atoms with Gasteiger partial charge in [-0.2, -0.15) is 5.01 Å². The number of nitrogens with one attached hydrogen (secondary N) is 1. The molecule has 0 unspecified atom stereocenters. The molecule has 0 aliphatic carbocycles. The molecule has 1 N–H and O–H groups in total. The fraction of sp³-hybridized carbons (Fsp3) is 0.0833. The van der Waals surface area contributed by atoms with Crippen LogP contribution in [0, 0.1) is 6.92 Å². The molecule has 8 heteroatoms. The van der Waals surface area contributed by atoms with Crippen molar-refractivity contribution in [2.24, 2.45) is 0 Å². The molecule has 2 heterocycles. The largest absolute Gasteiger partial charge is 0.451 e. The number of anilines is 1. The lowest BCUT2D eigenvalue weighted by Gasteiger charge is -2.23. The average molecular weight is 428 g/mol. The highest BCUT2D eigenvalue weighted by molar-refractivity contribution is 6.09. The second-order valence-corrected chi connectivity index (χ2v) is 6.94. The van der Waals surface area contributed by atoms with Crippen LogP contribution in [0.1, 0.15) is 16.1 Å². The van der Waals surface area contributed by atoms with Gasteiger partial charge in [0, 0.05) is 22.7 Å². The molecule has 2 aromatic heterocycles. The van der Waals surface area contributed by atoms with Gasteiger partial charge in [0.15, 0.2) is 0 Å². The van der Waals surface area contributed by atoms with Crippen LogP contribution in [-0.4, -0.2) is 28.7 Å². The van der Waals surface area contributed by atoms with E-state index in [1.54, 1.807) is 86.0 Å². The van der Waals surface area contributed by atoms with Crippen molar-refractivity contribution in [2.75, 3.05) is 12.1 Å². The van der Waals surface area contributed by atoms with Gasteiger partial charge in [0.2, 0.25) is 0 Å². The van der Waals surface area contributed by atoms with Crippen LogP contribution in [0.5, 0.6) is 0 Å². The topological polar surface area (TPSA) is 93.5 Å². The van der Waals surface area contributed by atoms with Gasteiger partial charge in [-0.3, -0.25) is 24.6 Å². The van der Waals surface area contributed by atoms with Gasteiger partial charge in [0.1, 0.15) is 0 Å². The molecule has 32 heavy (non-hydrogen) atoms. The maximum atomic E-state index is 13.5. The number of pyridine rings is 2. The minimum atomic E-state index is -0.757. The molecule has 0 spiro atoms. The molecule has 0 aliphatic rings. The van der Waals surface area contributed by atoms with Gasteiger partial charge >= 0.3 is 6.09 Å². The zero-order valence-corrected chi connectivity index (χ0v) is 17.5. The van der Waals surface area contributed by atoms with Crippen molar-refractivity contribution in [3.05, 3.63) is 101 Å². The van der Waals surface area contributed by atoms with E-state index in [4.69, 9.17) is 4.74 Å². The molecule has 0 radical (unpaired) electrons. The lowest BCUT2D eigenvalue weighted by atomic mass is 10.0. The Balaban J connectivity index is 1.89. The fourth-order valence-electron chi connectivity index (χ4n) is 3.59. The first-order valence-corrected chi connectivity index (χ1v) is 9.81. The lowest BCUT2D eigenvalue weighted by molar-refractivity contribution is 0.0941. The van der Waals surface area contributed by atoms with Crippen LogP contribution >= 0.6 is 0 Å². The van der Waals surface area contributed by atoms with Crippen LogP contribution in [0.3, 0.4) is 0 Å². The summed E-state index contributed by atoms with van der Waals surface area (Å²) >= 11 is 0. The summed E-state index contributed by atoms with van der Waals surface area (Å²) in [5.41, 5.74) is 3.98. The average Bonchev–Trinajstić information content (AvgIpc) is 2.83. The summed E-state index contributed by atoms with van der Waals surface area (Å²) in [5.74, 6) is -0.564. The van der Waals surface area contributed by atoms with E-state index < -0.39 is 12.0 Å². The van der Waals surface area contributed by atoms with Crippen molar-refractivity contribution in [3.8, 4) is 5.69 Å². The zero-order valence-electron chi connectivity index (χ0n) is 17.5. The third-order valence-corrected chi connectivity index (χ3v) is 5.04. The number of benzene rings is 2. The molecule has 160 valence electrons. The first-order chi connectivity index (χ1) is 15.5. The SMILES string of the molecule is COC(=O)N(NC(=O)c1c(C)n(-c2cccnc2)c(=O)c2ccccc12)c1ccccc1. The molecule has 0 saturated heterocycles. The van der Waals surface area contributed by atoms with Crippen molar-refractivity contribution in [2.45, 2.75) is 6.92 Å². The predicted octanol–water partition coefficient (Wildman–Crippen LogP) is 3.61. The molecular formula is C24H20N4O4.